The van der Waals surface area contributed by atoms with E-state index in [-0.39, 0.29) is 18.9 Å². The van der Waals surface area contributed by atoms with Crippen molar-refractivity contribution in [2.75, 3.05) is 27.4 Å². The summed E-state index contributed by atoms with van der Waals surface area (Å²) in [6.45, 7) is 1.27. The maximum atomic E-state index is 11.9. The molecule has 2 rings (SSSR count). The second-order valence-electron chi connectivity index (χ2n) is 6.22. The standard InChI is InChI=1S/C22H25NO7/c1-4-18(24)16-6-8-17(9-7-16)29-14-22(26)30-13-21(25)23-12-15-5-10-19(27-2)20(11-15)28-3/h5-11H,4,12-14H2,1-3H3,(H,23,25). The second kappa shape index (κ2) is 11.5. The van der Waals surface area contributed by atoms with Crippen molar-refractivity contribution in [1.82, 2.24) is 5.32 Å². The summed E-state index contributed by atoms with van der Waals surface area (Å²) in [6, 6.07) is 11.8. The van der Waals surface area contributed by atoms with Crippen LogP contribution in [0.4, 0.5) is 0 Å². The Labute approximate surface area is 175 Å². The van der Waals surface area contributed by atoms with Gasteiger partial charge in [-0.15, -0.1) is 0 Å². The van der Waals surface area contributed by atoms with E-state index in [0.717, 1.165) is 5.56 Å². The SMILES string of the molecule is CCC(=O)c1ccc(OCC(=O)OCC(=O)NCc2ccc(OC)c(OC)c2)cc1. The lowest BCUT2D eigenvalue weighted by molar-refractivity contribution is -0.150. The fraction of sp³-hybridized carbons (Fsp3) is 0.318. The fourth-order valence-corrected chi connectivity index (χ4v) is 2.51. The normalized spacial score (nSPS) is 10.1. The maximum absolute atomic E-state index is 11.9. The van der Waals surface area contributed by atoms with Crippen LogP contribution in [0, 0.1) is 0 Å². The number of esters is 1. The Morgan fingerprint density at radius 3 is 2.23 bits per heavy atom. The molecule has 0 atom stereocenters. The van der Waals surface area contributed by atoms with Crippen molar-refractivity contribution in [3.63, 3.8) is 0 Å². The fourth-order valence-electron chi connectivity index (χ4n) is 2.51. The van der Waals surface area contributed by atoms with Crippen LogP contribution in [0.25, 0.3) is 0 Å². The minimum Gasteiger partial charge on any atom is -0.493 e. The van der Waals surface area contributed by atoms with Crippen LogP contribution < -0.4 is 19.5 Å². The Morgan fingerprint density at radius 1 is 0.900 bits per heavy atom. The third-order valence-electron chi connectivity index (χ3n) is 4.16. The van der Waals surface area contributed by atoms with Gasteiger partial charge in [0.2, 0.25) is 0 Å². The summed E-state index contributed by atoms with van der Waals surface area (Å²) < 4.78 is 20.6. The molecule has 0 aromatic heterocycles. The average molecular weight is 415 g/mol. The number of rotatable bonds is 11. The molecule has 8 nitrogen and oxygen atoms in total. The molecule has 0 bridgehead atoms. The molecule has 2 aromatic carbocycles. The number of ketones is 1. The third-order valence-corrected chi connectivity index (χ3v) is 4.16. The van der Waals surface area contributed by atoms with Gasteiger partial charge in [-0.05, 0) is 42.0 Å². The number of carbonyl (C=O) groups is 3. The van der Waals surface area contributed by atoms with Crippen molar-refractivity contribution in [3.8, 4) is 17.2 Å². The molecule has 8 heteroatoms. The first-order valence-corrected chi connectivity index (χ1v) is 9.36. The van der Waals surface area contributed by atoms with Crippen LogP contribution in [0.5, 0.6) is 17.2 Å². The van der Waals surface area contributed by atoms with Crippen molar-refractivity contribution >= 4 is 17.7 Å². The first-order valence-electron chi connectivity index (χ1n) is 9.36. The Kier molecular flexibility index (Phi) is 8.68. The maximum Gasteiger partial charge on any atom is 0.344 e. The quantitative estimate of drug-likeness (QED) is 0.445. The summed E-state index contributed by atoms with van der Waals surface area (Å²) in [5.74, 6) is 0.483. The summed E-state index contributed by atoms with van der Waals surface area (Å²) in [5, 5.41) is 2.65. The highest BCUT2D eigenvalue weighted by atomic mass is 16.6. The van der Waals surface area contributed by atoms with Crippen LogP contribution in [0.15, 0.2) is 42.5 Å². The molecular formula is C22H25NO7. The lowest BCUT2D eigenvalue weighted by atomic mass is 10.1. The second-order valence-corrected chi connectivity index (χ2v) is 6.22. The van der Waals surface area contributed by atoms with E-state index in [1.807, 2.05) is 0 Å². The Hall–Kier alpha value is -3.55. The molecular weight excluding hydrogens is 390 g/mol. The van der Waals surface area contributed by atoms with Crippen LogP contribution in [0.3, 0.4) is 0 Å². The summed E-state index contributed by atoms with van der Waals surface area (Å²) in [6.07, 6.45) is 0.417. The van der Waals surface area contributed by atoms with E-state index in [2.05, 4.69) is 5.32 Å². The topological polar surface area (TPSA) is 100 Å². The zero-order valence-corrected chi connectivity index (χ0v) is 17.2. The summed E-state index contributed by atoms with van der Waals surface area (Å²) in [7, 11) is 3.07. The smallest absolute Gasteiger partial charge is 0.344 e. The van der Waals surface area contributed by atoms with E-state index < -0.39 is 18.5 Å². The van der Waals surface area contributed by atoms with Gasteiger partial charge in [-0.3, -0.25) is 9.59 Å². The van der Waals surface area contributed by atoms with E-state index in [1.54, 1.807) is 56.5 Å². The number of amides is 1. The molecule has 0 unspecified atom stereocenters. The number of hydrogen-bond donors (Lipinski definition) is 1. The van der Waals surface area contributed by atoms with Crippen LogP contribution in [-0.2, 0) is 20.9 Å². The van der Waals surface area contributed by atoms with Gasteiger partial charge in [-0.2, -0.15) is 0 Å². The zero-order valence-electron chi connectivity index (χ0n) is 17.2. The van der Waals surface area contributed by atoms with Crippen LogP contribution in [-0.4, -0.2) is 45.1 Å². The van der Waals surface area contributed by atoms with Crippen LogP contribution >= 0.6 is 0 Å². The lowest BCUT2D eigenvalue weighted by Gasteiger charge is -2.11. The highest BCUT2D eigenvalue weighted by Gasteiger charge is 2.10. The first kappa shape index (κ1) is 22.7. The largest absolute Gasteiger partial charge is 0.493 e. The monoisotopic (exact) mass is 415 g/mol. The van der Waals surface area contributed by atoms with Gasteiger partial charge in [0.15, 0.2) is 30.5 Å². The molecule has 0 aliphatic carbocycles. The zero-order chi connectivity index (χ0) is 21.9. The van der Waals surface area contributed by atoms with Crippen molar-refractivity contribution in [2.24, 2.45) is 0 Å². The molecule has 0 fully saturated rings. The molecule has 0 radical (unpaired) electrons. The van der Waals surface area contributed by atoms with E-state index in [9.17, 15) is 14.4 Å². The van der Waals surface area contributed by atoms with Gasteiger partial charge in [0.05, 0.1) is 14.2 Å². The molecule has 0 saturated carbocycles. The number of hydrogen-bond acceptors (Lipinski definition) is 7. The molecule has 0 saturated heterocycles. The number of Topliss-reactive ketones (excluding diaryl/α,β-unsaturated/α-hetero) is 1. The van der Waals surface area contributed by atoms with Gasteiger partial charge < -0.3 is 24.3 Å². The van der Waals surface area contributed by atoms with Gasteiger partial charge >= 0.3 is 5.97 Å². The average Bonchev–Trinajstić information content (AvgIpc) is 2.79. The van der Waals surface area contributed by atoms with E-state index in [4.69, 9.17) is 18.9 Å². The molecule has 1 amide bonds. The van der Waals surface area contributed by atoms with Crippen molar-refractivity contribution in [2.45, 2.75) is 19.9 Å². The van der Waals surface area contributed by atoms with E-state index in [1.165, 1.54) is 7.11 Å². The highest BCUT2D eigenvalue weighted by Crippen LogP contribution is 2.27. The number of carbonyl (C=O) groups excluding carboxylic acids is 3. The number of nitrogens with one attached hydrogen (secondary N) is 1. The van der Waals surface area contributed by atoms with Gasteiger partial charge in [0.25, 0.3) is 5.91 Å². The third kappa shape index (κ3) is 6.80. The molecule has 30 heavy (non-hydrogen) atoms. The number of methoxy groups -OCH3 is 2. The number of benzene rings is 2. The molecule has 160 valence electrons. The summed E-state index contributed by atoms with van der Waals surface area (Å²) in [5.41, 5.74) is 1.39. The predicted octanol–water partition coefficient (Wildman–Crippen LogP) is 2.53. The molecule has 0 aliphatic heterocycles. The highest BCUT2D eigenvalue weighted by molar-refractivity contribution is 5.95. The molecule has 0 spiro atoms. The Bertz CT molecular complexity index is 878. The number of ether oxygens (including phenoxy) is 4. The van der Waals surface area contributed by atoms with Crippen LogP contribution in [0.1, 0.15) is 29.3 Å². The summed E-state index contributed by atoms with van der Waals surface area (Å²) >= 11 is 0. The minimum atomic E-state index is -0.676. The Balaban J connectivity index is 1.71. The van der Waals surface area contributed by atoms with E-state index >= 15 is 0 Å². The molecule has 1 N–H and O–H groups in total. The van der Waals surface area contributed by atoms with Crippen molar-refractivity contribution in [1.29, 1.82) is 0 Å². The minimum absolute atomic E-state index is 0.0278. The van der Waals surface area contributed by atoms with Gasteiger partial charge in [0.1, 0.15) is 5.75 Å². The first-order chi connectivity index (χ1) is 14.5. The van der Waals surface area contributed by atoms with Gasteiger partial charge in [0, 0.05) is 18.5 Å². The van der Waals surface area contributed by atoms with E-state index in [0.29, 0.717) is 29.2 Å². The molecule has 0 aliphatic rings. The lowest BCUT2D eigenvalue weighted by Crippen LogP contribution is -2.29. The van der Waals surface area contributed by atoms with Gasteiger partial charge in [-0.25, -0.2) is 4.79 Å². The molecule has 2 aromatic rings. The van der Waals surface area contributed by atoms with Crippen molar-refractivity contribution < 1.29 is 33.3 Å². The van der Waals surface area contributed by atoms with Crippen molar-refractivity contribution in [3.05, 3.63) is 53.6 Å². The van der Waals surface area contributed by atoms with Gasteiger partial charge in [-0.1, -0.05) is 13.0 Å². The summed E-state index contributed by atoms with van der Waals surface area (Å²) in [4.78, 5) is 35.2. The van der Waals surface area contributed by atoms with Crippen LogP contribution in [0.2, 0.25) is 0 Å². The predicted molar refractivity (Wildman–Crippen MR) is 109 cm³/mol. The molecule has 0 heterocycles. The Morgan fingerprint density at radius 2 is 1.60 bits per heavy atom.